The number of nitrogen functional groups attached to an aromatic ring is 1. The lowest BCUT2D eigenvalue weighted by molar-refractivity contribution is -0.112. The standard InChI is InChI=1S/C24H21ClN4O/c25-22-13-21(11-12-23(22)27)28-24(30)20(14-26)17-29(15-18-7-3-1-4-8-18)16-19-9-5-2-6-10-19/h1-13,17H,15-16,27H2,(H,28,30)/b20-17-. The number of carbonyl (C=O) groups excluding carboxylic acids is 1. The largest absolute Gasteiger partial charge is 0.398 e. The summed E-state index contributed by atoms with van der Waals surface area (Å²) in [4.78, 5) is 14.6. The highest BCUT2D eigenvalue weighted by Gasteiger charge is 2.13. The summed E-state index contributed by atoms with van der Waals surface area (Å²) < 4.78 is 0. The molecule has 0 unspecified atom stereocenters. The average molecular weight is 417 g/mol. The molecule has 0 spiro atoms. The molecule has 0 bridgehead atoms. The SMILES string of the molecule is N#C/C(=C/N(Cc1ccccc1)Cc1ccccc1)C(=O)Nc1ccc(N)c(Cl)c1. The first-order valence-electron chi connectivity index (χ1n) is 9.35. The number of anilines is 2. The Morgan fingerprint density at radius 2 is 1.57 bits per heavy atom. The predicted octanol–water partition coefficient (Wildman–Crippen LogP) is 4.97. The lowest BCUT2D eigenvalue weighted by Gasteiger charge is -2.21. The van der Waals surface area contributed by atoms with Gasteiger partial charge in [0.2, 0.25) is 0 Å². The molecule has 150 valence electrons. The molecule has 0 heterocycles. The van der Waals surface area contributed by atoms with Gasteiger partial charge in [-0.05, 0) is 29.3 Å². The Labute approximate surface area is 181 Å². The van der Waals surface area contributed by atoms with Crippen LogP contribution >= 0.6 is 11.6 Å². The van der Waals surface area contributed by atoms with Crippen molar-refractivity contribution < 1.29 is 4.79 Å². The van der Waals surface area contributed by atoms with Crippen molar-refractivity contribution >= 4 is 28.9 Å². The highest BCUT2D eigenvalue weighted by atomic mass is 35.5. The number of carbonyl (C=O) groups is 1. The number of nitriles is 1. The summed E-state index contributed by atoms with van der Waals surface area (Å²) in [5.41, 5.74) is 8.74. The van der Waals surface area contributed by atoms with Gasteiger partial charge in [-0.25, -0.2) is 0 Å². The van der Waals surface area contributed by atoms with Crippen LogP contribution in [-0.4, -0.2) is 10.8 Å². The van der Waals surface area contributed by atoms with Gasteiger partial charge in [0.25, 0.3) is 5.91 Å². The summed E-state index contributed by atoms with van der Waals surface area (Å²) in [6.07, 6.45) is 1.59. The fourth-order valence-electron chi connectivity index (χ4n) is 2.91. The van der Waals surface area contributed by atoms with Crippen LogP contribution in [0.25, 0.3) is 0 Å². The summed E-state index contributed by atoms with van der Waals surface area (Å²) in [6, 6.07) is 26.6. The fraction of sp³-hybridized carbons (Fsp3) is 0.0833. The summed E-state index contributed by atoms with van der Waals surface area (Å²) >= 11 is 6.01. The number of amides is 1. The van der Waals surface area contributed by atoms with Crippen LogP contribution in [0.2, 0.25) is 5.02 Å². The van der Waals surface area contributed by atoms with E-state index in [4.69, 9.17) is 17.3 Å². The molecule has 3 aromatic rings. The van der Waals surface area contributed by atoms with Crippen LogP contribution in [0.5, 0.6) is 0 Å². The van der Waals surface area contributed by atoms with Crippen LogP contribution < -0.4 is 11.1 Å². The number of nitrogens with zero attached hydrogens (tertiary/aromatic N) is 2. The molecule has 0 saturated heterocycles. The minimum Gasteiger partial charge on any atom is -0.398 e. The molecular formula is C24H21ClN4O. The molecule has 3 rings (SSSR count). The van der Waals surface area contributed by atoms with Gasteiger partial charge in [0.15, 0.2) is 0 Å². The smallest absolute Gasteiger partial charge is 0.267 e. The molecule has 5 nitrogen and oxygen atoms in total. The Kier molecular flexibility index (Phi) is 7.09. The van der Waals surface area contributed by atoms with Crippen molar-refractivity contribution in [2.75, 3.05) is 11.1 Å². The third-order valence-corrected chi connectivity index (χ3v) is 4.72. The Hall–Kier alpha value is -3.75. The second-order valence-electron chi connectivity index (χ2n) is 6.72. The third-order valence-electron chi connectivity index (χ3n) is 4.39. The van der Waals surface area contributed by atoms with Gasteiger partial charge < -0.3 is 16.0 Å². The van der Waals surface area contributed by atoms with E-state index in [0.29, 0.717) is 29.5 Å². The van der Waals surface area contributed by atoms with E-state index in [1.165, 1.54) is 0 Å². The van der Waals surface area contributed by atoms with Gasteiger partial charge in [-0.3, -0.25) is 4.79 Å². The molecule has 0 aliphatic carbocycles. The zero-order valence-electron chi connectivity index (χ0n) is 16.3. The quantitative estimate of drug-likeness (QED) is 0.323. The van der Waals surface area contributed by atoms with Gasteiger partial charge >= 0.3 is 0 Å². The van der Waals surface area contributed by atoms with E-state index in [1.807, 2.05) is 71.6 Å². The van der Waals surface area contributed by atoms with Gasteiger partial charge in [0.1, 0.15) is 11.6 Å². The zero-order valence-corrected chi connectivity index (χ0v) is 17.0. The third kappa shape index (κ3) is 5.87. The molecule has 0 aliphatic heterocycles. The summed E-state index contributed by atoms with van der Waals surface area (Å²) in [7, 11) is 0. The van der Waals surface area contributed by atoms with Crippen LogP contribution in [-0.2, 0) is 17.9 Å². The molecular weight excluding hydrogens is 396 g/mol. The average Bonchev–Trinajstić information content (AvgIpc) is 2.76. The number of hydrogen-bond acceptors (Lipinski definition) is 4. The van der Waals surface area contributed by atoms with Crippen molar-refractivity contribution in [1.82, 2.24) is 4.90 Å². The van der Waals surface area contributed by atoms with Crippen LogP contribution in [0, 0.1) is 11.3 Å². The molecule has 30 heavy (non-hydrogen) atoms. The summed E-state index contributed by atoms with van der Waals surface area (Å²) in [6.45, 7) is 1.11. The highest BCUT2D eigenvalue weighted by Crippen LogP contribution is 2.23. The molecule has 3 N–H and O–H groups in total. The molecule has 0 aromatic heterocycles. The Morgan fingerprint density at radius 1 is 1.00 bits per heavy atom. The van der Waals surface area contributed by atoms with E-state index in [-0.39, 0.29) is 5.57 Å². The van der Waals surface area contributed by atoms with Crippen LogP contribution in [0.4, 0.5) is 11.4 Å². The van der Waals surface area contributed by atoms with E-state index in [0.717, 1.165) is 11.1 Å². The molecule has 3 aromatic carbocycles. The Balaban J connectivity index is 1.83. The van der Waals surface area contributed by atoms with Gasteiger partial charge in [-0.1, -0.05) is 72.3 Å². The van der Waals surface area contributed by atoms with Gasteiger partial charge in [-0.15, -0.1) is 0 Å². The maximum absolute atomic E-state index is 12.7. The normalized spacial score (nSPS) is 10.9. The number of halogens is 1. The second-order valence-corrected chi connectivity index (χ2v) is 7.13. The maximum atomic E-state index is 12.7. The summed E-state index contributed by atoms with van der Waals surface area (Å²) in [5, 5.41) is 12.6. The number of hydrogen-bond donors (Lipinski definition) is 2. The summed E-state index contributed by atoms with van der Waals surface area (Å²) in [5.74, 6) is -0.510. The van der Waals surface area contributed by atoms with Gasteiger partial charge in [0, 0.05) is 25.0 Å². The lowest BCUT2D eigenvalue weighted by Crippen LogP contribution is -2.21. The van der Waals surface area contributed by atoms with E-state index in [1.54, 1.807) is 24.4 Å². The number of benzene rings is 3. The van der Waals surface area contributed by atoms with E-state index in [2.05, 4.69) is 5.32 Å². The Bertz CT molecular complexity index is 1030. The minimum atomic E-state index is -0.510. The molecule has 0 radical (unpaired) electrons. The first-order chi connectivity index (χ1) is 14.5. The van der Waals surface area contributed by atoms with Crippen LogP contribution in [0.15, 0.2) is 90.6 Å². The molecule has 0 fully saturated rings. The van der Waals surface area contributed by atoms with Crippen molar-refractivity contribution in [2.24, 2.45) is 0 Å². The number of rotatable bonds is 7. The van der Waals surface area contributed by atoms with Gasteiger partial charge in [-0.2, -0.15) is 5.26 Å². The lowest BCUT2D eigenvalue weighted by atomic mass is 10.1. The van der Waals surface area contributed by atoms with Crippen LogP contribution in [0.1, 0.15) is 11.1 Å². The molecule has 1 amide bonds. The van der Waals surface area contributed by atoms with Gasteiger partial charge in [0.05, 0.1) is 10.7 Å². The van der Waals surface area contributed by atoms with Crippen molar-refractivity contribution in [2.45, 2.75) is 13.1 Å². The van der Waals surface area contributed by atoms with E-state index < -0.39 is 5.91 Å². The first kappa shape index (κ1) is 21.0. The topological polar surface area (TPSA) is 82.2 Å². The molecule has 0 atom stereocenters. The van der Waals surface area contributed by atoms with Crippen LogP contribution in [0.3, 0.4) is 0 Å². The fourth-order valence-corrected chi connectivity index (χ4v) is 3.09. The zero-order chi connectivity index (χ0) is 21.3. The maximum Gasteiger partial charge on any atom is 0.267 e. The minimum absolute atomic E-state index is 0.00481. The monoisotopic (exact) mass is 416 g/mol. The number of nitrogens with one attached hydrogen (secondary N) is 1. The van der Waals surface area contributed by atoms with Crippen molar-refractivity contribution in [3.63, 3.8) is 0 Å². The molecule has 0 aliphatic rings. The number of nitrogens with two attached hydrogens (primary N) is 1. The van der Waals surface area contributed by atoms with E-state index >= 15 is 0 Å². The highest BCUT2D eigenvalue weighted by molar-refractivity contribution is 6.33. The second kappa shape index (κ2) is 10.1. The Morgan fingerprint density at radius 3 is 2.07 bits per heavy atom. The predicted molar refractivity (Wildman–Crippen MR) is 120 cm³/mol. The van der Waals surface area contributed by atoms with Crippen molar-refractivity contribution in [3.8, 4) is 6.07 Å². The van der Waals surface area contributed by atoms with E-state index in [9.17, 15) is 10.1 Å². The molecule has 6 heteroatoms. The molecule has 0 saturated carbocycles. The van der Waals surface area contributed by atoms with Crippen molar-refractivity contribution in [3.05, 3.63) is 107 Å². The van der Waals surface area contributed by atoms with Crippen molar-refractivity contribution in [1.29, 1.82) is 5.26 Å². The first-order valence-corrected chi connectivity index (χ1v) is 9.73.